The molecule has 0 saturated carbocycles. The number of ether oxygens (including phenoxy) is 1. The maximum Gasteiger partial charge on any atom is 0.333 e. The molecule has 162 valence electrons. The average molecular weight is 416 g/mol. The molecule has 1 aliphatic rings. The number of carbonyl (C=O) groups excluding carboxylic acids is 1. The van der Waals surface area contributed by atoms with Gasteiger partial charge in [-0.3, -0.25) is 4.79 Å². The first kappa shape index (κ1) is 26.5. The van der Waals surface area contributed by atoms with Crippen molar-refractivity contribution in [3.63, 3.8) is 0 Å². The summed E-state index contributed by atoms with van der Waals surface area (Å²) < 4.78 is 5.26. The van der Waals surface area contributed by atoms with Crippen LogP contribution < -0.4 is 0 Å². The molecule has 0 spiro atoms. The molecule has 0 radical (unpaired) electrons. The highest BCUT2D eigenvalue weighted by atomic mass is 35.5. The van der Waals surface area contributed by atoms with E-state index in [1.165, 1.54) is 57.8 Å². The van der Waals surface area contributed by atoms with Crippen molar-refractivity contribution >= 4 is 24.3 Å². The monoisotopic (exact) mass is 415 g/mol. The van der Waals surface area contributed by atoms with E-state index in [0.717, 1.165) is 18.4 Å². The molecule has 5 nitrogen and oxygen atoms in total. The van der Waals surface area contributed by atoms with Crippen LogP contribution in [0.3, 0.4) is 0 Å². The largest absolute Gasteiger partial charge is 0.478 e. The van der Waals surface area contributed by atoms with Crippen molar-refractivity contribution in [2.45, 2.75) is 90.9 Å². The van der Waals surface area contributed by atoms with Gasteiger partial charge < -0.3 is 14.7 Å². The third kappa shape index (κ3) is 12.1. The normalized spacial score (nSPS) is 13.4. The number of hydrogen-bond donors (Lipinski definition) is 1. The van der Waals surface area contributed by atoms with Crippen LogP contribution in [0.1, 0.15) is 90.9 Å². The predicted octanol–water partition coefficient (Wildman–Crippen LogP) is 5.84. The van der Waals surface area contributed by atoms with Crippen LogP contribution in [0.4, 0.5) is 0 Å². The van der Waals surface area contributed by atoms with Gasteiger partial charge in [-0.2, -0.15) is 0 Å². The van der Waals surface area contributed by atoms with Gasteiger partial charge in [-0.05, 0) is 25.0 Å². The number of unbranched alkanes of at least 4 members (excludes halogenated alkanes) is 10. The number of aliphatic carboxylic acids is 1. The molecule has 28 heavy (non-hydrogen) atoms. The van der Waals surface area contributed by atoms with Crippen molar-refractivity contribution < 1.29 is 19.4 Å². The van der Waals surface area contributed by atoms with E-state index in [-0.39, 0.29) is 31.7 Å². The molecule has 1 aliphatic heterocycles. The molecule has 1 rings (SSSR count). The van der Waals surface area contributed by atoms with Gasteiger partial charge in [-0.25, -0.2) is 4.79 Å². The summed E-state index contributed by atoms with van der Waals surface area (Å²) in [5.41, 5.74) is 1.09. The molecular weight excluding hydrogens is 378 g/mol. The summed E-state index contributed by atoms with van der Waals surface area (Å²) in [6.07, 6.45) is 17.7. The van der Waals surface area contributed by atoms with Gasteiger partial charge in [0.2, 0.25) is 0 Å². The molecule has 6 heteroatoms. The highest BCUT2D eigenvalue weighted by Gasteiger charge is 2.17. The Labute approximate surface area is 176 Å². The molecule has 0 aromatic rings. The van der Waals surface area contributed by atoms with Crippen molar-refractivity contribution in [3.8, 4) is 0 Å². The second-order valence-electron chi connectivity index (χ2n) is 7.46. The fourth-order valence-corrected chi connectivity index (χ4v) is 3.18. The van der Waals surface area contributed by atoms with Gasteiger partial charge in [-0.15, -0.1) is 12.4 Å². The minimum atomic E-state index is -0.922. The van der Waals surface area contributed by atoms with Gasteiger partial charge in [0.15, 0.2) is 6.73 Å². The molecule has 0 unspecified atom stereocenters. The minimum absolute atomic E-state index is 0. The van der Waals surface area contributed by atoms with Gasteiger partial charge in [0.25, 0.3) is 0 Å². The third-order valence-corrected chi connectivity index (χ3v) is 5.01. The summed E-state index contributed by atoms with van der Waals surface area (Å²) in [6, 6.07) is 0. The Balaban J connectivity index is 0.00000729. The van der Waals surface area contributed by atoms with Gasteiger partial charge in [0.1, 0.15) is 0 Å². The van der Waals surface area contributed by atoms with Crippen LogP contribution >= 0.6 is 12.4 Å². The van der Waals surface area contributed by atoms with E-state index >= 15 is 0 Å². The standard InChI is InChI=1S/C22H37NO4.ClH/c1-3-4-5-6-7-8-9-10-11-12-13-14-21(24)27-18-23-16-15-19(2)20(17-23)22(25)26;/h15-16H,3-14,17-18H2,1-2H3,(H,25,26);1H. The number of carbonyl (C=O) groups is 2. The van der Waals surface area contributed by atoms with Crippen LogP contribution in [-0.4, -0.2) is 35.2 Å². The maximum absolute atomic E-state index is 11.8. The van der Waals surface area contributed by atoms with E-state index in [1.54, 1.807) is 24.1 Å². The second kappa shape index (κ2) is 16.5. The topological polar surface area (TPSA) is 66.8 Å². The summed E-state index contributed by atoms with van der Waals surface area (Å²) in [4.78, 5) is 24.7. The summed E-state index contributed by atoms with van der Waals surface area (Å²) in [5.74, 6) is -1.13. The van der Waals surface area contributed by atoms with Crippen LogP contribution in [0.15, 0.2) is 23.4 Å². The second-order valence-corrected chi connectivity index (χ2v) is 7.46. The lowest BCUT2D eigenvalue weighted by atomic mass is 10.1. The SMILES string of the molecule is CCCCCCCCCCCCCC(=O)OCN1C=CC(C)=C(C(=O)O)C1.Cl. The fourth-order valence-electron chi connectivity index (χ4n) is 3.18. The highest BCUT2D eigenvalue weighted by Crippen LogP contribution is 2.15. The number of allylic oxidation sites excluding steroid dienone is 2. The van der Waals surface area contributed by atoms with Gasteiger partial charge >= 0.3 is 11.9 Å². The highest BCUT2D eigenvalue weighted by molar-refractivity contribution is 5.88. The quantitative estimate of drug-likeness (QED) is 0.269. The smallest absolute Gasteiger partial charge is 0.333 e. The van der Waals surface area contributed by atoms with Crippen molar-refractivity contribution in [1.29, 1.82) is 0 Å². The Morgan fingerprint density at radius 3 is 2.07 bits per heavy atom. The molecule has 0 aromatic heterocycles. The van der Waals surface area contributed by atoms with Gasteiger partial charge in [0.05, 0.1) is 12.1 Å². The Bertz CT molecular complexity index is 517. The predicted molar refractivity (Wildman–Crippen MR) is 115 cm³/mol. The lowest BCUT2D eigenvalue weighted by Gasteiger charge is -2.24. The Hall–Kier alpha value is -1.49. The molecule has 1 heterocycles. The maximum atomic E-state index is 11.8. The molecule has 0 amide bonds. The van der Waals surface area contributed by atoms with E-state index < -0.39 is 5.97 Å². The van der Waals surface area contributed by atoms with Gasteiger partial charge in [0, 0.05) is 12.6 Å². The van der Waals surface area contributed by atoms with Crippen LogP contribution in [0.5, 0.6) is 0 Å². The zero-order chi connectivity index (χ0) is 19.9. The van der Waals surface area contributed by atoms with Crippen molar-refractivity contribution in [1.82, 2.24) is 4.90 Å². The van der Waals surface area contributed by atoms with Crippen LogP contribution in [-0.2, 0) is 14.3 Å². The lowest BCUT2D eigenvalue weighted by molar-refractivity contribution is -0.147. The molecule has 1 N–H and O–H groups in total. The Kier molecular flexibility index (Phi) is 15.6. The summed E-state index contributed by atoms with van der Waals surface area (Å²) in [6.45, 7) is 4.39. The summed E-state index contributed by atoms with van der Waals surface area (Å²) >= 11 is 0. The van der Waals surface area contributed by atoms with E-state index in [1.807, 2.05) is 0 Å². The summed E-state index contributed by atoms with van der Waals surface area (Å²) in [7, 11) is 0. The van der Waals surface area contributed by atoms with Crippen LogP contribution in [0, 0.1) is 0 Å². The fraction of sp³-hybridized carbons (Fsp3) is 0.727. The molecule has 0 fully saturated rings. The molecule has 0 aliphatic carbocycles. The minimum Gasteiger partial charge on any atom is -0.478 e. The molecule has 0 atom stereocenters. The number of carboxylic acids is 1. The molecule has 0 bridgehead atoms. The number of halogens is 1. The van der Waals surface area contributed by atoms with Crippen molar-refractivity contribution in [3.05, 3.63) is 23.4 Å². The number of hydrogen-bond acceptors (Lipinski definition) is 4. The zero-order valence-corrected chi connectivity index (χ0v) is 18.4. The average Bonchev–Trinajstić information content (AvgIpc) is 2.65. The first-order valence-electron chi connectivity index (χ1n) is 10.6. The van der Waals surface area contributed by atoms with E-state index in [9.17, 15) is 9.59 Å². The van der Waals surface area contributed by atoms with E-state index in [4.69, 9.17) is 9.84 Å². The van der Waals surface area contributed by atoms with Crippen molar-refractivity contribution in [2.24, 2.45) is 0 Å². The van der Waals surface area contributed by atoms with E-state index in [0.29, 0.717) is 12.0 Å². The van der Waals surface area contributed by atoms with Crippen molar-refractivity contribution in [2.75, 3.05) is 13.3 Å². The molecular formula is C22H38ClNO4. The zero-order valence-electron chi connectivity index (χ0n) is 17.6. The Morgan fingerprint density at radius 1 is 1.00 bits per heavy atom. The molecule has 0 saturated heterocycles. The lowest BCUT2D eigenvalue weighted by Crippen LogP contribution is -2.29. The number of nitrogens with zero attached hydrogens (tertiary/aromatic N) is 1. The van der Waals surface area contributed by atoms with Crippen LogP contribution in [0.25, 0.3) is 0 Å². The molecule has 0 aromatic carbocycles. The number of esters is 1. The number of carboxylic acid groups (broad SMARTS) is 1. The first-order valence-corrected chi connectivity index (χ1v) is 10.6. The number of rotatable bonds is 15. The Morgan fingerprint density at radius 2 is 1.54 bits per heavy atom. The summed E-state index contributed by atoms with van der Waals surface area (Å²) in [5, 5.41) is 9.15. The third-order valence-electron chi connectivity index (χ3n) is 5.01. The van der Waals surface area contributed by atoms with Gasteiger partial charge in [-0.1, -0.05) is 71.1 Å². The van der Waals surface area contributed by atoms with E-state index in [2.05, 4.69) is 6.92 Å². The first-order chi connectivity index (χ1) is 13.0. The van der Waals surface area contributed by atoms with Crippen LogP contribution in [0.2, 0.25) is 0 Å².